The molecule has 0 aliphatic heterocycles. The van der Waals surface area contributed by atoms with Gasteiger partial charge in [0.1, 0.15) is 0 Å². The average molecular weight is 274 g/mol. The molecule has 0 radical (unpaired) electrons. The van der Waals surface area contributed by atoms with Crippen LogP contribution in [-0.4, -0.2) is 25.2 Å². The van der Waals surface area contributed by atoms with Crippen molar-refractivity contribution in [1.82, 2.24) is 0 Å². The fourth-order valence-electron chi connectivity index (χ4n) is 1.31. The highest BCUT2D eigenvalue weighted by Gasteiger charge is 1.98. The summed E-state index contributed by atoms with van der Waals surface area (Å²) < 4.78 is 9.45. The second-order valence-corrected chi connectivity index (χ2v) is 4.17. The lowest BCUT2D eigenvalue weighted by atomic mass is 10.2. The molecule has 0 saturated carbocycles. The summed E-state index contributed by atoms with van der Waals surface area (Å²) in [6, 6.07) is 0. The van der Waals surface area contributed by atoms with Crippen molar-refractivity contribution in [2.75, 3.05) is 13.2 Å². The van der Waals surface area contributed by atoms with Crippen LogP contribution >= 0.6 is 0 Å². The molecule has 0 unspecified atom stereocenters. The van der Waals surface area contributed by atoms with E-state index >= 15 is 0 Å². The molecule has 114 valence electrons. The van der Waals surface area contributed by atoms with Crippen LogP contribution < -0.4 is 0 Å². The van der Waals surface area contributed by atoms with Gasteiger partial charge >= 0.3 is 11.9 Å². The van der Waals surface area contributed by atoms with Crippen LogP contribution in [0.3, 0.4) is 0 Å². The van der Waals surface area contributed by atoms with Crippen LogP contribution in [0.2, 0.25) is 0 Å². The molecule has 0 heterocycles. The van der Waals surface area contributed by atoms with Crippen LogP contribution in [-0.2, 0) is 19.1 Å². The van der Waals surface area contributed by atoms with Gasteiger partial charge in [-0.15, -0.1) is 0 Å². The molecule has 0 N–H and O–H groups in total. The Labute approximate surface area is 117 Å². The number of unbranched alkanes of at least 4 members (excludes halogenated alkanes) is 3. The van der Waals surface area contributed by atoms with Crippen LogP contribution in [0.15, 0.2) is 0 Å². The van der Waals surface area contributed by atoms with E-state index in [1.54, 1.807) is 0 Å². The quantitative estimate of drug-likeness (QED) is 0.473. The summed E-state index contributed by atoms with van der Waals surface area (Å²) in [4.78, 5) is 21.3. The van der Waals surface area contributed by atoms with Gasteiger partial charge in [0.15, 0.2) is 0 Å². The zero-order valence-corrected chi connectivity index (χ0v) is 13.0. The summed E-state index contributed by atoms with van der Waals surface area (Å²) in [5.41, 5.74) is 0. The molecular weight excluding hydrogens is 244 g/mol. The molecule has 0 aliphatic rings. The van der Waals surface area contributed by atoms with Crippen molar-refractivity contribution in [3.05, 3.63) is 0 Å². The summed E-state index contributed by atoms with van der Waals surface area (Å²) in [5.74, 6) is -0.129. The molecule has 0 spiro atoms. The lowest BCUT2D eigenvalue weighted by Crippen LogP contribution is -2.02. The Balaban J connectivity index is 0. The van der Waals surface area contributed by atoms with Gasteiger partial charge < -0.3 is 9.47 Å². The van der Waals surface area contributed by atoms with E-state index in [9.17, 15) is 9.59 Å². The summed E-state index contributed by atoms with van der Waals surface area (Å²) in [6.45, 7) is 8.83. The molecule has 0 aromatic rings. The summed E-state index contributed by atoms with van der Waals surface area (Å²) in [7, 11) is 0. The molecule has 0 saturated heterocycles. The number of rotatable bonds is 9. The fourth-order valence-corrected chi connectivity index (χ4v) is 1.31. The monoisotopic (exact) mass is 274 g/mol. The third kappa shape index (κ3) is 19.5. The van der Waals surface area contributed by atoms with E-state index in [1.807, 2.05) is 13.8 Å². The Morgan fingerprint density at radius 2 is 1.11 bits per heavy atom. The normalized spacial score (nSPS) is 9.26. The second-order valence-electron chi connectivity index (χ2n) is 4.17. The summed E-state index contributed by atoms with van der Waals surface area (Å²) in [6.07, 6.45) is 6.40. The van der Waals surface area contributed by atoms with E-state index in [2.05, 4.69) is 13.8 Å². The Bertz CT molecular complexity index is 214. The van der Waals surface area contributed by atoms with E-state index in [-0.39, 0.29) is 11.9 Å². The Kier molecular flexibility index (Phi) is 18.1. The largest absolute Gasteiger partial charge is 0.466 e. The number of hydrogen-bond acceptors (Lipinski definition) is 4. The molecule has 4 nitrogen and oxygen atoms in total. The average Bonchev–Trinajstić information content (AvgIpc) is 2.38. The van der Waals surface area contributed by atoms with Gasteiger partial charge in [-0.25, -0.2) is 0 Å². The van der Waals surface area contributed by atoms with Gasteiger partial charge in [-0.1, -0.05) is 33.1 Å². The standard InChI is InChI=1S/C8H16O2.C7H14O2/c1-3-5-6-7-8(9)10-4-2;1-3-5-6-7(8)9-4-2/h3-7H2,1-2H3;3-6H2,1-2H3. The maximum atomic E-state index is 10.7. The highest BCUT2D eigenvalue weighted by molar-refractivity contribution is 5.69. The van der Waals surface area contributed by atoms with Gasteiger partial charge in [-0.3, -0.25) is 9.59 Å². The second kappa shape index (κ2) is 16.9. The van der Waals surface area contributed by atoms with Crippen LogP contribution in [0.4, 0.5) is 0 Å². The minimum atomic E-state index is -0.0700. The molecule has 0 aromatic heterocycles. The predicted octanol–water partition coefficient (Wildman–Crippen LogP) is 3.87. The summed E-state index contributed by atoms with van der Waals surface area (Å²) >= 11 is 0. The third-order valence-electron chi connectivity index (χ3n) is 2.33. The smallest absolute Gasteiger partial charge is 0.305 e. The SMILES string of the molecule is CCCCC(=O)OCC.CCCCCC(=O)OCC. The number of ether oxygens (including phenoxy) is 2. The van der Waals surface area contributed by atoms with Gasteiger partial charge in [0.05, 0.1) is 13.2 Å². The van der Waals surface area contributed by atoms with Crippen LogP contribution in [0.25, 0.3) is 0 Å². The molecule has 0 amide bonds. The molecule has 0 fully saturated rings. The lowest BCUT2D eigenvalue weighted by Gasteiger charge is -1.99. The van der Waals surface area contributed by atoms with Gasteiger partial charge in [0.25, 0.3) is 0 Å². The van der Waals surface area contributed by atoms with Crippen molar-refractivity contribution in [3.8, 4) is 0 Å². The van der Waals surface area contributed by atoms with Crippen molar-refractivity contribution in [2.45, 2.75) is 72.6 Å². The van der Waals surface area contributed by atoms with E-state index < -0.39 is 0 Å². The maximum absolute atomic E-state index is 10.7. The Morgan fingerprint density at radius 1 is 0.684 bits per heavy atom. The van der Waals surface area contributed by atoms with Crippen molar-refractivity contribution < 1.29 is 19.1 Å². The van der Waals surface area contributed by atoms with E-state index in [0.29, 0.717) is 26.1 Å². The zero-order chi connectivity index (χ0) is 14.9. The summed E-state index contributed by atoms with van der Waals surface area (Å²) in [5, 5.41) is 0. The first-order valence-electron chi connectivity index (χ1n) is 7.43. The van der Waals surface area contributed by atoms with E-state index in [1.165, 1.54) is 0 Å². The third-order valence-corrected chi connectivity index (χ3v) is 2.33. The van der Waals surface area contributed by atoms with Crippen molar-refractivity contribution in [2.24, 2.45) is 0 Å². The van der Waals surface area contributed by atoms with Gasteiger partial charge in [0, 0.05) is 12.8 Å². The van der Waals surface area contributed by atoms with Crippen molar-refractivity contribution in [3.63, 3.8) is 0 Å². The number of hydrogen-bond donors (Lipinski definition) is 0. The first kappa shape index (κ1) is 20.3. The zero-order valence-electron chi connectivity index (χ0n) is 13.0. The molecule has 0 atom stereocenters. The fraction of sp³-hybridized carbons (Fsp3) is 0.867. The minimum absolute atomic E-state index is 0.0593. The van der Waals surface area contributed by atoms with E-state index in [4.69, 9.17) is 9.47 Å². The molecule has 4 heteroatoms. The minimum Gasteiger partial charge on any atom is -0.466 e. The molecule has 0 bridgehead atoms. The van der Waals surface area contributed by atoms with Gasteiger partial charge in [-0.05, 0) is 26.7 Å². The molecule has 19 heavy (non-hydrogen) atoms. The molecule has 0 aliphatic carbocycles. The first-order chi connectivity index (χ1) is 9.12. The van der Waals surface area contributed by atoms with Crippen molar-refractivity contribution >= 4 is 11.9 Å². The molecule has 0 aromatic carbocycles. The van der Waals surface area contributed by atoms with E-state index in [0.717, 1.165) is 32.1 Å². The predicted molar refractivity (Wildman–Crippen MR) is 76.9 cm³/mol. The first-order valence-corrected chi connectivity index (χ1v) is 7.43. The number of carbonyl (C=O) groups is 2. The number of esters is 2. The topological polar surface area (TPSA) is 52.6 Å². The van der Waals surface area contributed by atoms with Crippen LogP contribution in [0.1, 0.15) is 72.6 Å². The van der Waals surface area contributed by atoms with Crippen LogP contribution in [0, 0.1) is 0 Å². The van der Waals surface area contributed by atoms with Crippen LogP contribution in [0.5, 0.6) is 0 Å². The maximum Gasteiger partial charge on any atom is 0.305 e. The molecule has 0 rings (SSSR count). The highest BCUT2D eigenvalue weighted by Crippen LogP contribution is 1.99. The highest BCUT2D eigenvalue weighted by atomic mass is 16.5. The molecular formula is C15H30O4. The Morgan fingerprint density at radius 3 is 1.47 bits per heavy atom. The lowest BCUT2D eigenvalue weighted by molar-refractivity contribution is -0.144. The number of carbonyl (C=O) groups excluding carboxylic acids is 2. The Hall–Kier alpha value is -1.06. The van der Waals surface area contributed by atoms with Gasteiger partial charge in [0.2, 0.25) is 0 Å². The van der Waals surface area contributed by atoms with Gasteiger partial charge in [-0.2, -0.15) is 0 Å². The van der Waals surface area contributed by atoms with Crippen molar-refractivity contribution in [1.29, 1.82) is 0 Å².